The Hall–Kier alpha value is -1.38. The number of hydrogen-bond acceptors (Lipinski definition) is 2. The number of nitrogen functional groups attached to an aromatic ring is 1. The lowest BCUT2D eigenvalue weighted by Gasteiger charge is -1.99. The number of rotatable bonds is 1. The number of anilines is 1. The average molecular weight is 166 g/mol. The summed E-state index contributed by atoms with van der Waals surface area (Å²) in [4.78, 5) is 3.69. The molecule has 0 saturated carbocycles. The first-order valence-electron chi connectivity index (χ1n) is 3.65. The largest absolute Gasteiger partial charge is 0.383 e. The quantitative estimate of drug-likeness (QED) is 0.694. The molecule has 1 aromatic rings. The number of hydrogen-bond donors (Lipinski definition) is 1. The van der Waals surface area contributed by atoms with Gasteiger partial charge in [0.15, 0.2) is 0 Å². The molecule has 1 heterocycles. The van der Waals surface area contributed by atoms with Crippen molar-refractivity contribution in [1.29, 1.82) is 0 Å². The molecule has 0 radical (unpaired) electrons. The number of nitrogens with zero attached hydrogens (tertiary/aromatic N) is 1. The second-order valence-electron chi connectivity index (χ2n) is 2.85. The monoisotopic (exact) mass is 166 g/mol. The summed E-state index contributed by atoms with van der Waals surface area (Å²) in [5.41, 5.74) is 7.21. The molecule has 0 aliphatic carbocycles. The molecule has 0 fully saturated rings. The van der Waals surface area contributed by atoms with Gasteiger partial charge in [0.2, 0.25) is 0 Å². The summed E-state index contributed by atoms with van der Waals surface area (Å²) < 4.78 is 12.7. The van der Waals surface area contributed by atoms with Crippen LogP contribution in [-0.4, -0.2) is 4.98 Å². The van der Waals surface area contributed by atoms with E-state index in [0.29, 0.717) is 11.4 Å². The second-order valence-corrected chi connectivity index (χ2v) is 2.85. The highest BCUT2D eigenvalue weighted by molar-refractivity contribution is 5.62. The molecule has 1 rings (SSSR count). The summed E-state index contributed by atoms with van der Waals surface area (Å²) in [5.74, 6) is -0.00528. The molecule has 0 aromatic carbocycles. The zero-order valence-corrected chi connectivity index (χ0v) is 7.13. The highest BCUT2D eigenvalue weighted by Crippen LogP contribution is 2.13. The molecule has 2 N–H and O–H groups in total. The lowest BCUT2D eigenvalue weighted by atomic mass is 10.2. The number of allylic oxidation sites excluding steroid dienone is 1. The van der Waals surface area contributed by atoms with Crippen LogP contribution in [0.15, 0.2) is 17.8 Å². The first-order valence-corrected chi connectivity index (χ1v) is 3.65. The number of nitrogens with two attached hydrogens (primary N) is 1. The van der Waals surface area contributed by atoms with Gasteiger partial charge in [0.1, 0.15) is 11.6 Å². The third-order valence-corrected chi connectivity index (χ3v) is 1.36. The van der Waals surface area contributed by atoms with Crippen LogP contribution in [0.25, 0.3) is 6.08 Å². The topological polar surface area (TPSA) is 38.9 Å². The van der Waals surface area contributed by atoms with Gasteiger partial charge in [0, 0.05) is 5.56 Å². The van der Waals surface area contributed by atoms with E-state index in [-0.39, 0.29) is 5.82 Å². The van der Waals surface area contributed by atoms with Crippen LogP contribution >= 0.6 is 0 Å². The first kappa shape index (κ1) is 8.71. The fourth-order valence-electron chi connectivity index (χ4n) is 0.892. The van der Waals surface area contributed by atoms with Crippen molar-refractivity contribution in [2.24, 2.45) is 0 Å². The van der Waals surface area contributed by atoms with Gasteiger partial charge >= 0.3 is 0 Å². The smallest absolute Gasteiger partial charge is 0.142 e. The number of pyridine rings is 1. The van der Waals surface area contributed by atoms with E-state index in [1.807, 2.05) is 13.8 Å². The Morgan fingerprint density at radius 2 is 2.25 bits per heavy atom. The van der Waals surface area contributed by atoms with Gasteiger partial charge in [-0.15, -0.1) is 0 Å². The Labute approximate surface area is 70.9 Å². The Balaban J connectivity index is 3.14. The van der Waals surface area contributed by atoms with E-state index in [1.165, 1.54) is 6.07 Å². The molecule has 12 heavy (non-hydrogen) atoms. The molecule has 0 atom stereocenters. The van der Waals surface area contributed by atoms with Crippen molar-refractivity contribution in [3.8, 4) is 0 Å². The summed E-state index contributed by atoms with van der Waals surface area (Å²) >= 11 is 0. The minimum Gasteiger partial charge on any atom is -0.383 e. The Morgan fingerprint density at radius 3 is 2.83 bits per heavy atom. The maximum absolute atomic E-state index is 12.7. The van der Waals surface area contributed by atoms with E-state index in [1.54, 1.807) is 6.08 Å². The van der Waals surface area contributed by atoms with Gasteiger partial charge in [-0.2, -0.15) is 0 Å². The third-order valence-electron chi connectivity index (χ3n) is 1.36. The fraction of sp³-hybridized carbons (Fsp3) is 0.222. The molecule has 2 nitrogen and oxygen atoms in total. The zero-order chi connectivity index (χ0) is 9.14. The standard InChI is InChI=1S/C9H11FN2/c1-6(2)3-7-4-8(10)5-12-9(7)11/h3-5H,1-2H3,(H2,11,12). The normalized spacial score (nSPS) is 9.58. The van der Waals surface area contributed by atoms with Crippen LogP contribution in [0.4, 0.5) is 10.2 Å². The molecular formula is C9H11FN2. The summed E-state index contributed by atoms with van der Waals surface area (Å²) in [6.45, 7) is 3.84. The van der Waals surface area contributed by atoms with E-state index >= 15 is 0 Å². The maximum atomic E-state index is 12.7. The summed E-state index contributed by atoms with van der Waals surface area (Å²) in [6, 6.07) is 1.37. The molecular weight excluding hydrogens is 155 g/mol. The van der Waals surface area contributed by atoms with Crippen LogP contribution in [0.5, 0.6) is 0 Å². The van der Waals surface area contributed by atoms with Crippen LogP contribution in [0.1, 0.15) is 19.4 Å². The fourth-order valence-corrected chi connectivity index (χ4v) is 0.892. The van der Waals surface area contributed by atoms with E-state index in [2.05, 4.69) is 4.98 Å². The highest BCUT2D eigenvalue weighted by Gasteiger charge is 1.98. The van der Waals surface area contributed by atoms with E-state index in [4.69, 9.17) is 5.73 Å². The van der Waals surface area contributed by atoms with Gasteiger partial charge in [-0.25, -0.2) is 9.37 Å². The Bertz CT molecular complexity index is 314. The van der Waals surface area contributed by atoms with Crippen LogP contribution in [-0.2, 0) is 0 Å². The molecule has 64 valence electrons. The Morgan fingerprint density at radius 1 is 1.58 bits per heavy atom. The Kier molecular flexibility index (Phi) is 2.43. The van der Waals surface area contributed by atoms with Crippen LogP contribution in [0.2, 0.25) is 0 Å². The average Bonchev–Trinajstić information content (AvgIpc) is 1.96. The van der Waals surface area contributed by atoms with Crippen molar-refractivity contribution < 1.29 is 4.39 Å². The van der Waals surface area contributed by atoms with E-state index in [0.717, 1.165) is 11.8 Å². The lowest BCUT2D eigenvalue weighted by molar-refractivity contribution is 0.621. The molecule has 0 aliphatic rings. The number of aromatic nitrogens is 1. The van der Waals surface area contributed by atoms with Crippen molar-refractivity contribution in [2.75, 3.05) is 5.73 Å². The van der Waals surface area contributed by atoms with Gasteiger partial charge in [-0.3, -0.25) is 0 Å². The molecule has 3 heteroatoms. The van der Waals surface area contributed by atoms with Crippen LogP contribution < -0.4 is 5.73 Å². The lowest BCUT2D eigenvalue weighted by Crippen LogP contribution is -1.94. The first-order chi connectivity index (χ1) is 5.59. The summed E-state index contributed by atoms with van der Waals surface area (Å²) in [6.07, 6.45) is 2.91. The second kappa shape index (κ2) is 3.34. The van der Waals surface area contributed by atoms with E-state index < -0.39 is 0 Å². The van der Waals surface area contributed by atoms with Crippen molar-refractivity contribution in [1.82, 2.24) is 4.98 Å². The maximum Gasteiger partial charge on any atom is 0.142 e. The predicted octanol–water partition coefficient (Wildman–Crippen LogP) is 2.23. The third kappa shape index (κ3) is 2.05. The predicted molar refractivity (Wildman–Crippen MR) is 47.9 cm³/mol. The molecule has 0 bridgehead atoms. The van der Waals surface area contributed by atoms with Gasteiger partial charge in [0.05, 0.1) is 6.20 Å². The van der Waals surface area contributed by atoms with Gasteiger partial charge in [0.25, 0.3) is 0 Å². The molecule has 0 amide bonds. The van der Waals surface area contributed by atoms with Gasteiger partial charge in [-0.1, -0.05) is 11.6 Å². The molecule has 0 aliphatic heterocycles. The van der Waals surface area contributed by atoms with Crippen molar-refractivity contribution in [3.05, 3.63) is 29.2 Å². The molecule has 0 saturated heterocycles. The van der Waals surface area contributed by atoms with Gasteiger partial charge < -0.3 is 5.73 Å². The van der Waals surface area contributed by atoms with Crippen molar-refractivity contribution in [2.45, 2.75) is 13.8 Å². The van der Waals surface area contributed by atoms with Crippen molar-refractivity contribution >= 4 is 11.9 Å². The summed E-state index contributed by atoms with van der Waals surface area (Å²) in [7, 11) is 0. The van der Waals surface area contributed by atoms with Gasteiger partial charge in [-0.05, 0) is 19.9 Å². The van der Waals surface area contributed by atoms with E-state index in [9.17, 15) is 4.39 Å². The van der Waals surface area contributed by atoms with Crippen LogP contribution in [0.3, 0.4) is 0 Å². The minimum atomic E-state index is -0.364. The molecule has 0 spiro atoms. The summed E-state index contributed by atoms with van der Waals surface area (Å²) in [5, 5.41) is 0. The van der Waals surface area contributed by atoms with Crippen molar-refractivity contribution in [3.63, 3.8) is 0 Å². The SMILES string of the molecule is CC(C)=Cc1cc(F)cnc1N. The molecule has 0 unspecified atom stereocenters. The zero-order valence-electron chi connectivity index (χ0n) is 7.13. The number of halogens is 1. The minimum absolute atomic E-state index is 0.359. The van der Waals surface area contributed by atoms with Crippen LogP contribution in [0, 0.1) is 5.82 Å². The highest BCUT2D eigenvalue weighted by atomic mass is 19.1. The molecule has 1 aromatic heterocycles.